The van der Waals surface area contributed by atoms with Crippen molar-refractivity contribution in [3.63, 3.8) is 0 Å². The molecule has 41 heavy (non-hydrogen) atoms. The predicted octanol–water partition coefficient (Wildman–Crippen LogP) is 8.57. The van der Waals surface area contributed by atoms with Crippen molar-refractivity contribution in [2.24, 2.45) is 0 Å². The first-order valence-corrected chi connectivity index (χ1v) is 14.0. The Hall–Kier alpha value is -4.71. The highest BCUT2D eigenvalue weighted by Gasteiger charge is 2.19. The monoisotopic (exact) mass is 541 g/mol. The van der Waals surface area contributed by atoms with Gasteiger partial charge in [-0.05, 0) is 68.5 Å². The van der Waals surface area contributed by atoms with Gasteiger partial charge in [0.15, 0.2) is 0 Å². The molecular formula is C35H35N5O. The van der Waals surface area contributed by atoms with Crippen LogP contribution in [0.3, 0.4) is 0 Å². The Kier molecular flexibility index (Phi) is 6.49. The van der Waals surface area contributed by atoms with Crippen LogP contribution >= 0.6 is 0 Å². The molecule has 0 saturated heterocycles. The van der Waals surface area contributed by atoms with Gasteiger partial charge >= 0.3 is 0 Å². The Labute approximate surface area is 241 Å². The average Bonchev–Trinajstić information content (AvgIpc) is 3.41. The summed E-state index contributed by atoms with van der Waals surface area (Å²) >= 11 is 0. The predicted molar refractivity (Wildman–Crippen MR) is 165 cm³/mol. The number of aromatic nitrogens is 5. The summed E-state index contributed by atoms with van der Waals surface area (Å²) in [6.07, 6.45) is 1.88. The number of rotatable bonds is 5. The maximum atomic E-state index is 6.50. The largest absolute Gasteiger partial charge is 0.457 e. The Bertz CT molecular complexity index is 1890. The highest BCUT2D eigenvalue weighted by Crippen LogP contribution is 2.34. The molecule has 0 radical (unpaired) electrons. The van der Waals surface area contributed by atoms with Crippen molar-refractivity contribution >= 4 is 5.65 Å². The third-order valence-corrected chi connectivity index (χ3v) is 7.70. The number of hydrogen-bond acceptors (Lipinski definition) is 4. The molecule has 6 rings (SSSR count). The van der Waals surface area contributed by atoms with Gasteiger partial charge in [-0.3, -0.25) is 9.38 Å². The van der Waals surface area contributed by atoms with E-state index in [1.807, 2.05) is 48.1 Å². The summed E-state index contributed by atoms with van der Waals surface area (Å²) in [6.45, 7) is 14.9. The minimum Gasteiger partial charge on any atom is -0.457 e. The van der Waals surface area contributed by atoms with Gasteiger partial charge in [-0.15, -0.1) is 0 Å². The first-order chi connectivity index (χ1) is 19.6. The fourth-order valence-electron chi connectivity index (χ4n) is 5.42. The highest BCUT2D eigenvalue weighted by atomic mass is 16.5. The Morgan fingerprint density at radius 1 is 0.732 bits per heavy atom. The number of nitrogens with zero attached hydrogens (tertiary/aromatic N) is 5. The maximum Gasteiger partial charge on any atom is 0.141 e. The summed E-state index contributed by atoms with van der Waals surface area (Å²) in [4.78, 5) is 9.59. The van der Waals surface area contributed by atoms with Gasteiger partial charge in [0.25, 0.3) is 0 Å². The second-order valence-electron chi connectivity index (χ2n) is 11.7. The van der Waals surface area contributed by atoms with Gasteiger partial charge in [-0.1, -0.05) is 57.2 Å². The molecule has 0 unspecified atom stereocenters. The normalized spacial score (nSPS) is 11.8. The van der Waals surface area contributed by atoms with E-state index >= 15 is 0 Å². The summed E-state index contributed by atoms with van der Waals surface area (Å²) in [6, 6.07) is 26.7. The molecule has 206 valence electrons. The molecule has 6 nitrogen and oxygen atoms in total. The summed E-state index contributed by atoms with van der Waals surface area (Å²) < 4.78 is 10.6. The molecule has 6 aromatic rings. The van der Waals surface area contributed by atoms with Crippen molar-refractivity contribution in [3.05, 3.63) is 113 Å². The summed E-state index contributed by atoms with van der Waals surface area (Å²) in [5.41, 5.74) is 11.3. The lowest BCUT2D eigenvalue weighted by atomic mass is 9.87. The SMILES string of the molecule is Cc1nn(-c2cccc(Oc3cc(-c4cc(C(C)(C)C)ccn4)n4c(C)c(C)nc4c3)c2)c(C)c1-c1ccccc1. The lowest BCUT2D eigenvalue weighted by Gasteiger charge is -2.20. The van der Waals surface area contributed by atoms with Gasteiger partial charge < -0.3 is 4.74 Å². The maximum absolute atomic E-state index is 6.50. The fraction of sp³-hybridized carbons (Fsp3) is 0.229. The molecule has 0 aliphatic heterocycles. The molecule has 0 saturated carbocycles. The zero-order chi connectivity index (χ0) is 28.9. The first kappa shape index (κ1) is 26.5. The van der Waals surface area contributed by atoms with Crippen molar-refractivity contribution in [2.45, 2.75) is 53.9 Å². The molecule has 0 bridgehead atoms. The van der Waals surface area contributed by atoms with Crippen LogP contribution in [0.25, 0.3) is 33.8 Å². The molecule has 0 spiro atoms. The molecule has 2 aromatic carbocycles. The molecule has 0 fully saturated rings. The molecule has 0 aliphatic rings. The van der Waals surface area contributed by atoms with Gasteiger partial charge in [0.2, 0.25) is 0 Å². The van der Waals surface area contributed by atoms with Gasteiger partial charge in [-0.2, -0.15) is 5.10 Å². The minimum absolute atomic E-state index is 0.00855. The lowest BCUT2D eigenvalue weighted by Crippen LogP contribution is -2.11. The van der Waals surface area contributed by atoms with E-state index in [9.17, 15) is 0 Å². The van der Waals surface area contributed by atoms with Gasteiger partial charge in [0.1, 0.15) is 17.1 Å². The van der Waals surface area contributed by atoms with Gasteiger partial charge in [0.05, 0.1) is 28.5 Å². The average molecular weight is 542 g/mol. The molecule has 0 N–H and O–H groups in total. The van der Waals surface area contributed by atoms with Crippen molar-refractivity contribution in [3.8, 4) is 39.7 Å². The van der Waals surface area contributed by atoms with Crippen LogP contribution in [-0.2, 0) is 5.41 Å². The number of ether oxygens (including phenoxy) is 1. The zero-order valence-corrected chi connectivity index (χ0v) is 24.7. The summed E-state index contributed by atoms with van der Waals surface area (Å²) in [5.74, 6) is 1.43. The van der Waals surface area contributed by atoms with Crippen LogP contribution in [0.5, 0.6) is 11.5 Å². The number of hydrogen-bond donors (Lipinski definition) is 0. The summed E-state index contributed by atoms with van der Waals surface area (Å²) in [5, 5.41) is 4.88. The van der Waals surface area contributed by atoms with E-state index in [0.29, 0.717) is 5.75 Å². The van der Waals surface area contributed by atoms with Crippen molar-refractivity contribution in [2.75, 3.05) is 0 Å². The fourth-order valence-corrected chi connectivity index (χ4v) is 5.42. The van der Waals surface area contributed by atoms with Crippen LogP contribution in [0.15, 0.2) is 85.1 Å². The van der Waals surface area contributed by atoms with Crippen molar-refractivity contribution < 1.29 is 4.74 Å². The molecule has 6 heteroatoms. The first-order valence-electron chi connectivity index (χ1n) is 14.0. The molecule has 0 amide bonds. The van der Waals surface area contributed by atoms with Crippen molar-refractivity contribution in [1.82, 2.24) is 24.1 Å². The Balaban J connectivity index is 1.41. The Morgan fingerprint density at radius 3 is 2.27 bits per heavy atom. The number of benzene rings is 2. The third-order valence-electron chi connectivity index (χ3n) is 7.70. The van der Waals surface area contributed by atoms with Crippen LogP contribution < -0.4 is 4.74 Å². The van der Waals surface area contributed by atoms with E-state index in [0.717, 1.165) is 62.4 Å². The second kappa shape index (κ2) is 10.0. The van der Waals surface area contributed by atoms with Crippen LogP contribution in [0, 0.1) is 27.7 Å². The quantitative estimate of drug-likeness (QED) is 0.219. The lowest BCUT2D eigenvalue weighted by molar-refractivity contribution is 0.482. The van der Waals surface area contributed by atoms with E-state index in [2.05, 4.69) is 94.5 Å². The van der Waals surface area contributed by atoms with E-state index in [4.69, 9.17) is 19.8 Å². The Morgan fingerprint density at radius 2 is 1.51 bits per heavy atom. The molecule has 0 atom stereocenters. The van der Waals surface area contributed by atoms with Crippen LogP contribution in [0.2, 0.25) is 0 Å². The molecule has 0 aliphatic carbocycles. The molecule has 4 aromatic heterocycles. The standard InChI is InChI=1S/C35H35N5O/c1-22-24(3)39-32(31-18-27(16-17-36-31)35(5,6)7)20-30(21-33(39)37-22)41-29-15-11-14-28(19-29)40-25(4)34(23(2)38-40)26-12-9-8-10-13-26/h8-21H,1-7H3. The van der Waals surface area contributed by atoms with E-state index in [1.165, 1.54) is 5.56 Å². The van der Waals surface area contributed by atoms with E-state index < -0.39 is 0 Å². The van der Waals surface area contributed by atoms with E-state index in [-0.39, 0.29) is 5.41 Å². The molecular weight excluding hydrogens is 506 g/mol. The van der Waals surface area contributed by atoms with E-state index in [1.54, 1.807) is 0 Å². The number of imidazole rings is 1. The minimum atomic E-state index is 0.00855. The van der Waals surface area contributed by atoms with Crippen molar-refractivity contribution in [1.29, 1.82) is 0 Å². The number of pyridine rings is 2. The third kappa shape index (κ3) is 4.91. The zero-order valence-electron chi connectivity index (χ0n) is 24.7. The second-order valence-corrected chi connectivity index (χ2v) is 11.7. The van der Waals surface area contributed by atoms with Crippen LogP contribution in [0.1, 0.15) is 49.1 Å². The van der Waals surface area contributed by atoms with Crippen LogP contribution in [0.4, 0.5) is 0 Å². The summed E-state index contributed by atoms with van der Waals surface area (Å²) in [7, 11) is 0. The van der Waals surface area contributed by atoms with Gasteiger partial charge in [0, 0.05) is 41.3 Å². The molecule has 4 heterocycles. The number of fused-ring (bicyclic) bond motifs is 1. The topological polar surface area (TPSA) is 57.2 Å². The smallest absolute Gasteiger partial charge is 0.141 e. The van der Waals surface area contributed by atoms with Crippen LogP contribution in [-0.4, -0.2) is 24.1 Å². The number of aryl methyl sites for hydroxylation is 3. The highest BCUT2D eigenvalue weighted by molar-refractivity contribution is 5.69. The van der Waals surface area contributed by atoms with Gasteiger partial charge in [-0.25, -0.2) is 9.67 Å².